The van der Waals surface area contributed by atoms with Crippen LogP contribution in [-0.2, 0) is 7.05 Å². The van der Waals surface area contributed by atoms with E-state index in [0.717, 1.165) is 0 Å². The van der Waals surface area contributed by atoms with Crippen LogP contribution < -0.4 is 0 Å². The van der Waals surface area contributed by atoms with Crippen LogP contribution in [0, 0.1) is 10.1 Å². The monoisotopic (exact) mass is 324 g/mol. The van der Waals surface area contributed by atoms with Gasteiger partial charge in [-0.25, -0.2) is 0 Å². The van der Waals surface area contributed by atoms with Gasteiger partial charge in [0.25, 0.3) is 11.6 Å². The van der Waals surface area contributed by atoms with Gasteiger partial charge in [0, 0.05) is 30.1 Å². The molecule has 120 valence electrons. The Kier molecular flexibility index (Phi) is 3.78. The average molecular weight is 324 g/mol. The Morgan fingerprint density at radius 2 is 1.92 bits per heavy atom. The van der Waals surface area contributed by atoms with Crippen LogP contribution in [0.4, 0.5) is 11.4 Å². The molecule has 0 saturated heterocycles. The van der Waals surface area contributed by atoms with Crippen molar-refractivity contribution in [3.63, 3.8) is 0 Å². The zero-order chi connectivity index (χ0) is 17.3. The highest BCUT2D eigenvalue weighted by molar-refractivity contribution is 5.98. The Morgan fingerprint density at radius 3 is 2.58 bits per heavy atom. The lowest BCUT2D eigenvalue weighted by Crippen LogP contribution is -1.92. The highest BCUT2D eigenvalue weighted by atomic mass is 16.6. The van der Waals surface area contributed by atoms with Gasteiger partial charge in [-0.3, -0.25) is 14.9 Å². The van der Waals surface area contributed by atoms with Crippen LogP contribution in [0.25, 0.3) is 10.9 Å². The standard InChI is InChI=1S/C16H12N4O4/c1-19-13-8-7-11(20(23)24)9-12(13)14(16(19)22)17-18-15(21)10-5-3-2-4-6-10/h2-9,22H,1H3. The molecular weight excluding hydrogens is 312 g/mol. The Hall–Kier alpha value is -3.55. The molecule has 3 aromatic rings. The number of aromatic nitrogens is 1. The number of carbonyl (C=O) groups is 1. The molecule has 8 heteroatoms. The number of nitro benzene ring substituents is 1. The summed E-state index contributed by atoms with van der Waals surface area (Å²) in [7, 11) is 1.58. The predicted molar refractivity (Wildman–Crippen MR) is 86.5 cm³/mol. The number of rotatable bonds is 3. The Labute approximate surface area is 135 Å². The number of aromatic hydroxyl groups is 1. The van der Waals surface area contributed by atoms with E-state index in [0.29, 0.717) is 16.5 Å². The van der Waals surface area contributed by atoms with E-state index in [9.17, 15) is 20.0 Å². The van der Waals surface area contributed by atoms with Gasteiger partial charge in [-0.2, -0.15) is 0 Å². The van der Waals surface area contributed by atoms with Crippen molar-refractivity contribution in [2.45, 2.75) is 0 Å². The number of hydrogen-bond donors (Lipinski definition) is 1. The third-order valence-electron chi connectivity index (χ3n) is 3.60. The highest BCUT2D eigenvalue weighted by Crippen LogP contribution is 2.39. The molecule has 0 radical (unpaired) electrons. The fraction of sp³-hybridized carbons (Fsp3) is 0.0625. The maximum atomic E-state index is 12.0. The molecule has 2 aromatic carbocycles. The number of nitro groups is 1. The van der Waals surface area contributed by atoms with E-state index in [4.69, 9.17) is 0 Å². The fourth-order valence-corrected chi connectivity index (χ4v) is 2.35. The lowest BCUT2D eigenvalue weighted by atomic mass is 10.2. The van der Waals surface area contributed by atoms with E-state index in [-0.39, 0.29) is 17.3 Å². The second-order valence-electron chi connectivity index (χ2n) is 5.06. The quantitative estimate of drug-likeness (QED) is 0.449. The zero-order valence-electron chi connectivity index (χ0n) is 12.6. The van der Waals surface area contributed by atoms with Crippen LogP contribution in [0.15, 0.2) is 58.8 Å². The SMILES string of the molecule is Cn1c(O)c(N=NC(=O)c2ccccc2)c2cc([N+](=O)[O-])ccc21. The summed E-state index contributed by atoms with van der Waals surface area (Å²) in [6.45, 7) is 0. The summed E-state index contributed by atoms with van der Waals surface area (Å²) in [5, 5.41) is 28.9. The van der Waals surface area contributed by atoms with Crippen molar-refractivity contribution < 1.29 is 14.8 Å². The fourth-order valence-electron chi connectivity index (χ4n) is 2.35. The van der Waals surface area contributed by atoms with Crippen molar-refractivity contribution in [2.75, 3.05) is 0 Å². The number of azo groups is 1. The number of nitrogens with zero attached hydrogens (tertiary/aromatic N) is 4. The topological polar surface area (TPSA) is 110 Å². The number of hydrogen-bond acceptors (Lipinski definition) is 5. The van der Waals surface area contributed by atoms with Crippen molar-refractivity contribution >= 4 is 28.2 Å². The van der Waals surface area contributed by atoms with Gasteiger partial charge in [-0.05, 0) is 18.2 Å². The van der Waals surface area contributed by atoms with Crippen LogP contribution in [-0.4, -0.2) is 20.5 Å². The number of non-ortho nitro benzene ring substituents is 1. The molecule has 0 atom stereocenters. The van der Waals surface area contributed by atoms with Gasteiger partial charge >= 0.3 is 0 Å². The lowest BCUT2D eigenvalue weighted by molar-refractivity contribution is -0.384. The first-order valence-electron chi connectivity index (χ1n) is 6.96. The van der Waals surface area contributed by atoms with E-state index in [1.54, 1.807) is 37.4 Å². The van der Waals surface area contributed by atoms with E-state index >= 15 is 0 Å². The molecule has 8 nitrogen and oxygen atoms in total. The number of fused-ring (bicyclic) bond motifs is 1. The third kappa shape index (κ3) is 2.60. The molecule has 3 rings (SSSR count). The molecule has 0 aliphatic rings. The summed E-state index contributed by atoms with van der Waals surface area (Å²) in [4.78, 5) is 22.4. The number of aryl methyl sites for hydroxylation is 1. The summed E-state index contributed by atoms with van der Waals surface area (Å²) in [5.74, 6) is -0.799. The Bertz CT molecular complexity index is 977. The number of amides is 1. The van der Waals surface area contributed by atoms with Crippen molar-refractivity contribution in [2.24, 2.45) is 17.3 Å². The zero-order valence-corrected chi connectivity index (χ0v) is 12.6. The molecule has 1 N–H and O–H groups in total. The van der Waals surface area contributed by atoms with E-state index in [1.165, 1.54) is 22.8 Å². The average Bonchev–Trinajstić information content (AvgIpc) is 2.84. The molecule has 24 heavy (non-hydrogen) atoms. The number of benzene rings is 2. The van der Waals surface area contributed by atoms with Crippen LogP contribution in [0.5, 0.6) is 5.88 Å². The summed E-state index contributed by atoms with van der Waals surface area (Å²) >= 11 is 0. The second kappa shape index (κ2) is 5.92. The van der Waals surface area contributed by atoms with E-state index < -0.39 is 10.8 Å². The van der Waals surface area contributed by atoms with Gasteiger partial charge in [-0.1, -0.05) is 18.2 Å². The molecular formula is C16H12N4O4. The van der Waals surface area contributed by atoms with Crippen LogP contribution >= 0.6 is 0 Å². The maximum absolute atomic E-state index is 12.0. The Balaban J connectivity index is 2.07. The van der Waals surface area contributed by atoms with Gasteiger partial charge in [-0.15, -0.1) is 10.2 Å². The maximum Gasteiger partial charge on any atom is 0.295 e. The predicted octanol–water partition coefficient (Wildman–Crippen LogP) is 3.72. The van der Waals surface area contributed by atoms with Crippen molar-refractivity contribution in [3.8, 4) is 5.88 Å². The van der Waals surface area contributed by atoms with E-state index in [1.807, 2.05) is 0 Å². The molecule has 1 amide bonds. The first-order valence-corrected chi connectivity index (χ1v) is 6.96. The third-order valence-corrected chi connectivity index (χ3v) is 3.60. The lowest BCUT2D eigenvalue weighted by Gasteiger charge is -1.96. The van der Waals surface area contributed by atoms with Crippen molar-refractivity contribution in [1.82, 2.24) is 4.57 Å². The largest absolute Gasteiger partial charge is 0.493 e. The highest BCUT2D eigenvalue weighted by Gasteiger charge is 2.18. The minimum atomic E-state index is -0.572. The van der Waals surface area contributed by atoms with Gasteiger partial charge in [0.15, 0.2) is 5.69 Å². The summed E-state index contributed by atoms with van der Waals surface area (Å²) < 4.78 is 1.42. The molecule has 1 aromatic heterocycles. The molecule has 1 heterocycles. The second-order valence-corrected chi connectivity index (χ2v) is 5.06. The summed E-state index contributed by atoms with van der Waals surface area (Å²) in [6.07, 6.45) is 0. The van der Waals surface area contributed by atoms with Gasteiger partial charge in [0.05, 0.1) is 10.4 Å². The van der Waals surface area contributed by atoms with Crippen LogP contribution in [0.2, 0.25) is 0 Å². The smallest absolute Gasteiger partial charge is 0.295 e. The number of carbonyl (C=O) groups excluding carboxylic acids is 1. The Morgan fingerprint density at radius 1 is 1.21 bits per heavy atom. The van der Waals surface area contributed by atoms with Gasteiger partial charge in [0.2, 0.25) is 5.88 Å². The minimum Gasteiger partial charge on any atom is -0.493 e. The molecule has 0 bridgehead atoms. The molecule has 0 fully saturated rings. The van der Waals surface area contributed by atoms with Crippen LogP contribution in [0.1, 0.15) is 10.4 Å². The molecule has 0 aliphatic heterocycles. The molecule has 0 unspecified atom stereocenters. The first kappa shape index (κ1) is 15.3. The summed E-state index contributed by atoms with van der Waals surface area (Å²) in [6, 6.07) is 12.5. The van der Waals surface area contributed by atoms with Gasteiger partial charge < -0.3 is 9.67 Å². The normalized spacial score (nSPS) is 11.2. The molecule has 0 spiro atoms. The summed E-state index contributed by atoms with van der Waals surface area (Å²) in [5.41, 5.74) is 0.769. The van der Waals surface area contributed by atoms with Gasteiger partial charge in [0.1, 0.15) is 0 Å². The van der Waals surface area contributed by atoms with Crippen LogP contribution in [0.3, 0.4) is 0 Å². The van der Waals surface area contributed by atoms with Crippen molar-refractivity contribution in [3.05, 3.63) is 64.2 Å². The molecule has 0 aliphatic carbocycles. The minimum absolute atomic E-state index is 0.0143. The first-order chi connectivity index (χ1) is 11.5. The molecule has 0 saturated carbocycles. The van der Waals surface area contributed by atoms with E-state index in [2.05, 4.69) is 10.2 Å². The van der Waals surface area contributed by atoms with Crippen molar-refractivity contribution in [1.29, 1.82) is 0 Å².